The number of hydrogen-bond acceptors (Lipinski definition) is 4. The van der Waals surface area contributed by atoms with Crippen LogP contribution in [-0.2, 0) is 16.6 Å². The lowest BCUT2D eigenvalue weighted by Gasteiger charge is -2.33. The average molecular weight is 404 g/mol. The van der Waals surface area contributed by atoms with Gasteiger partial charge in [-0.2, -0.15) is 0 Å². The van der Waals surface area contributed by atoms with Gasteiger partial charge in [0.15, 0.2) is 0 Å². The van der Waals surface area contributed by atoms with Crippen LogP contribution >= 0.6 is 0 Å². The first-order valence-electron chi connectivity index (χ1n) is 9.45. The van der Waals surface area contributed by atoms with Gasteiger partial charge in [0.05, 0.1) is 17.6 Å². The minimum absolute atomic E-state index is 0.138. The van der Waals surface area contributed by atoms with Crippen LogP contribution in [0.15, 0.2) is 23.0 Å². The molecule has 2 fully saturated rings. The van der Waals surface area contributed by atoms with E-state index in [0.29, 0.717) is 23.0 Å². The van der Waals surface area contributed by atoms with Gasteiger partial charge in [-0.3, -0.25) is 24.0 Å². The van der Waals surface area contributed by atoms with Crippen LogP contribution in [0.3, 0.4) is 0 Å². The number of alkyl halides is 1. The normalized spacial score (nSPS) is 25.3. The van der Waals surface area contributed by atoms with Crippen molar-refractivity contribution in [1.82, 2.24) is 19.4 Å². The Morgan fingerprint density at radius 1 is 1.24 bits per heavy atom. The summed E-state index contributed by atoms with van der Waals surface area (Å²) >= 11 is 0. The zero-order valence-corrected chi connectivity index (χ0v) is 15.8. The Labute approximate surface area is 164 Å². The number of rotatable bonds is 2. The summed E-state index contributed by atoms with van der Waals surface area (Å²) in [5, 5.41) is 11.4. The largest absolute Gasteiger partial charge is 0.465 e. The molecule has 2 saturated heterocycles. The smallest absolute Gasteiger partial charge is 0.407 e. The fourth-order valence-corrected chi connectivity index (χ4v) is 4.43. The Morgan fingerprint density at radius 2 is 2.00 bits per heavy atom. The molecule has 4 rings (SSSR count). The molecule has 3 amide bonds. The second-order valence-electron chi connectivity index (χ2n) is 7.53. The highest BCUT2D eigenvalue weighted by Crippen LogP contribution is 2.35. The van der Waals surface area contributed by atoms with Crippen molar-refractivity contribution in [3.05, 3.63) is 34.2 Å². The summed E-state index contributed by atoms with van der Waals surface area (Å²) in [5.41, 5.74) is 1.22. The molecule has 1 aromatic heterocycles. The fourth-order valence-electron chi connectivity index (χ4n) is 4.43. The van der Waals surface area contributed by atoms with Gasteiger partial charge in [0.1, 0.15) is 12.2 Å². The fraction of sp³-hybridized carbons (Fsp3) is 0.474. The standard InChI is InChI=1S/C19H21FN4O5/c1-22-16-11(10-7-8-23(19(28)29)9-12(10)20)3-2-4-13(16)24(18(22)27)14-5-6-15(25)21-17(14)26/h2-4,10,12,14H,5-9H2,1H3,(H,28,29)(H,21,25,26). The van der Waals surface area contributed by atoms with Crippen molar-refractivity contribution in [2.75, 3.05) is 13.1 Å². The van der Waals surface area contributed by atoms with Gasteiger partial charge >= 0.3 is 11.8 Å². The van der Waals surface area contributed by atoms with Crippen LogP contribution in [0.5, 0.6) is 0 Å². The number of halogens is 1. The molecule has 2 aromatic rings. The highest BCUT2D eigenvalue weighted by atomic mass is 19.1. The van der Waals surface area contributed by atoms with Crippen LogP contribution in [0.1, 0.15) is 36.8 Å². The van der Waals surface area contributed by atoms with Crippen LogP contribution in [0.4, 0.5) is 9.18 Å². The number of aryl methyl sites for hydroxylation is 1. The monoisotopic (exact) mass is 404 g/mol. The molecule has 9 nitrogen and oxygen atoms in total. The molecule has 0 radical (unpaired) electrons. The Balaban J connectivity index is 1.79. The lowest BCUT2D eigenvalue weighted by molar-refractivity contribution is -0.135. The molecular formula is C19H21FN4O5. The van der Waals surface area contributed by atoms with E-state index in [4.69, 9.17) is 5.11 Å². The Bertz CT molecular complexity index is 1070. The number of piperidine rings is 2. The summed E-state index contributed by atoms with van der Waals surface area (Å²) in [6.45, 7) is -0.0171. The van der Waals surface area contributed by atoms with Gasteiger partial charge in [-0.25, -0.2) is 14.0 Å². The second-order valence-corrected chi connectivity index (χ2v) is 7.53. The maximum atomic E-state index is 14.9. The maximum absolute atomic E-state index is 14.9. The van der Waals surface area contributed by atoms with E-state index in [-0.39, 0.29) is 31.8 Å². The van der Waals surface area contributed by atoms with Crippen LogP contribution in [0, 0.1) is 0 Å². The highest BCUT2D eigenvalue weighted by molar-refractivity contribution is 6.00. The van der Waals surface area contributed by atoms with Gasteiger partial charge in [0, 0.05) is 25.9 Å². The summed E-state index contributed by atoms with van der Waals surface area (Å²) in [7, 11) is 1.57. The average Bonchev–Trinajstić information content (AvgIpc) is 2.93. The number of fused-ring (bicyclic) bond motifs is 1. The summed E-state index contributed by atoms with van der Waals surface area (Å²) in [6, 6.07) is 4.33. The molecule has 0 saturated carbocycles. The molecule has 10 heteroatoms. The third kappa shape index (κ3) is 3.08. The lowest BCUT2D eigenvalue weighted by Crippen LogP contribution is -2.44. The number of aromatic nitrogens is 2. The molecule has 2 aliphatic heterocycles. The Morgan fingerprint density at radius 3 is 2.66 bits per heavy atom. The molecule has 0 bridgehead atoms. The number of imidazole rings is 1. The van der Waals surface area contributed by atoms with Gasteiger partial charge in [-0.05, 0) is 24.5 Å². The van der Waals surface area contributed by atoms with Crippen LogP contribution in [0.2, 0.25) is 0 Å². The minimum atomic E-state index is -1.40. The number of carboxylic acid groups (broad SMARTS) is 1. The van der Waals surface area contributed by atoms with E-state index in [1.807, 2.05) is 0 Å². The summed E-state index contributed by atoms with van der Waals surface area (Å²) < 4.78 is 17.6. The molecule has 2 aliphatic rings. The van der Waals surface area contributed by atoms with E-state index < -0.39 is 35.8 Å². The number of para-hydroxylation sites is 1. The van der Waals surface area contributed by atoms with Crippen molar-refractivity contribution in [2.45, 2.75) is 37.4 Å². The van der Waals surface area contributed by atoms with E-state index in [9.17, 15) is 23.6 Å². The summed E-state index contributed by atoms with van der Waals surface area (Å²) in [4.78, 5) is 48.9. The molecule has 2 N–H and O–H groups in total. The van der Waals surface area contributed by atoms with Crippen molar-refractivity contribution in [2.24, 2.45) is 7.05 Å². The van der Waals surface area contributed by atoms with E-state index in [0.717, 1.165) is 4.90 Å². The molecular weight excluding hydrogens is 383 g/mol. The van der Waals surface area contributed by atoms with E-state index >= 15 is 0 Å². The molecule has 3 unspecified atom stereocenters. The van der Waals surface area contributed by atoms with Crippen LogP contribution in [0.25, 0.3) is 11.0 Å². The number of imide groups is 1. The number of hydrogen-bond donors (Lipinski definition) is 2. The van der Waals surface area contributed by atoms with Crippen molar-refractivity contribution in [1.29, 1.82) is 0 Å². The van der Waals surface area contributed by atoms with Gasteiger partial charge in [0.25, 0.3) is 0 Å². The predicted molar refractivity (Wildman–Crippen MR) is 100 cm³/mol. The third-order valence-corrected chi connectivity index (χ3v) is 5.87. The van der Waals surface area contributed by atoms with E-state index in [1.54, 1.807) is 25.2 Å². The molecule has 1 aromatic carbocycles. The molecule has 0 spiro atoms. The third-order valence-electron chi connectivity index (χ3n) is 5.87. The number of nitrogens with one attached hydrogen (secondary N) is 1. The quantitative estimate of drug-likeness (QED) is 0.729. The topological polar surface area (TPSA) is 114 Å². The highest BCUT2D eigenvalue weighted by Gasteiger charge is 2.36. The number of amides is 3. The van der Waals surface area contributed by atoms with Crippen molar-refractivity contribution in [3.63, 3.8) is 0 Å². The number of carbonyl (C=O) groups excluding carboxylic acids is 2. The van der Waals surface area contributed by atoms with Crippen LogP contribution < -0.4 is 11.0 Å². The van der Waals surface area contributed by atoms with Crippen LogP contribution in [-0.4, -0.2) is 56.3 Å². The zero-order chi connectivity index (χ0) is 20.9. The molecule has 154 valence electrons. The molecule has 0 aliphatic carbocycles. The summed E-state index contributed by atoms with van der Waals surface area (Å²) in [5.74, 6) is -1.46. The van der Waals surface area contributed by atoms with Gasteiger partial charge in [-0.15, -0.1) is 0 Å². The van der Waals surface area contributed by atoms with Crippen molar-refractivity contribution < 1.29 is 23.9 Å². The number of carbonyl (C=O) groups is 3. The second kappa shape index (κ2) is 7.02. The predicted octanol–water partition coefficient (Wildman–Crippen LogP) is 1.12. The Hall–Kier alpha value is -3.17. The SMILES string of the molecule is Cn1c(=O)n(C2CCC(=O)NC2=O)c2cccc(C3CCN(C(=O)O)CC3F)c21. The van der Waals surface area contributed by atoms with E-state index in [1.165, 1.54) is 9.13 Å². The number of nitrogens with zero attached hydrogens (tertiary/aromatic N) is 3. The first-order valence-corrected chi connectivity index (χ1v) is 9.45. The first kappa shape index (κ1) is 19.2. The maximum Gasteiger partial charge on any atom is 0.407 e. The molecule has 29 heavy (non-hydrogen) atoms. The van der Waals surface area contributed by atoms with Gasteiger partial charge in [-0.1, -0.05) is 12.1 Å². The number of likely N-dealkylation sites (tertiary alicyclic amines) is 1. The molecule has 3 atom stereocenters. The summed E-state index contributed by atoms with van der Waals surface area (Å²) in [6.07, 6.45) is -1.90. The van der Waals surface area contributed by atoms with E-state index in [2.05, 4.69) is 5.32 Å². The first-order chi connectivity index (χ1) is 13.8. The number of benzene rings is 1. The lowest BCUT2D eigenvalue weighted by atomic mass is 9.87. The minimum Gasteiger partial charge on any atom is -0.465 e. The zero-order valence-electron chi connectivity index (χ0n) is 15.8. The Kier molecular flexibility index (Phi) is 4.64. The van der Waals surface area contributed by atoms with Gasteiger partial charge in [0.2, 0.25) is 11.8 Å². The van der Waals surface area contributed by atoms with Crippen molar-refractivity contribution in [3.8, 4) is 0 Å². The van der Waals surface area contributed by atoms with Crippen molar-refractivity contribution >= 4 is 28.9 Å². The van der Waals surface area contributed by atoms with Gasteiger partial charge < -0.3 is 10.0 Å². The molecule has 3 heterocycles.